The molecule has 0 radical (unpaired) electrons. The molecule has 0 spiro atoms. The van der Waals surface area contributed by atoms with E-state index in [0.29, 0.717) is 17.8 Å². The summed E-state index contributed by atoms with van der Waals surface area (Å²) in [6, 6.07) is 11.8. The first-order valence-corrected chi connectivity index (χ1v) is 9.59. The monoisotopic (exact) mass is 431 g/mol. The molecule has 0 saturated carbocycles. The minimum Gasteiger partial charge on any atom is -0.454 e. The van der Waals surface area contributed by atoms with Gasteiger partial charge in [-0.25, -0.2) is 4.79 Å². The first-order chi connectivity index (χ1) is 14.3. The summed E-state index contributed by atoms with van der Waals surface area (Å²) in [6.45, 7) is 3.17. The second kappa shape index (κ2) is 11.0. The lowest BCUT2D eigenvalue weighted by Crippen LogP contribution is -2.40. The Morgan fingerprint density at radius 2 is 1.77 bits per heavy atom. The van der Waals surface area contributed by atoms with Gasteiger partial charge in [0.2, 0.25) is 0 Å². The summed E-state index contributed by atoms with van der Waals surface area (Å²) >= 11 is 5.96. The molecular formula is C21H22ClN3O5. The summed E-state index contributed by atoms with van der Waals surface area (Å²) in [5.74, 6) is -2.15. The summed E-state index contributed by atoms with van der Waals surface area (Å²) in [4.78, 5) is 48.1. The van der Waals surface area contributed by atoms with E-state index in [0.717, 1.165) is 0 Å². The van der Waals surface area contributed by atoms with Crippen LogP contribution in [-0.4, -0.2) is 42.9 Å². The lowest BCUT2D eigenvalue weighted by atomic mass is 10.2. The molecular weight excluding hydrogens is 410 g/mol. The molecule has 9 heteroatoms. The van der Waals surface area contributed by atoms with Crippen molar-refractivity contribution in [3.8, 4) is 0 Å². The van der Waals surface area contributed by atoms with Crippen molar-refractivity contribution in [3.63, 3.8) is 0 Å². The van der Waals surface area contributed by atoms with Crippen LogP contribution in [0.2, 0.25) is 5.02 Å². The minimum atomic E-state index is -0.984. The van der Waals surface area contributed by atoms with Gasteiger partial charge < -0.3 is 20.7 Å². The molecule has 0 bridgehead atoms. The molecule has 1 atom stereocenters. The highest BCUT2D eigenvalue weighted by molar-refractivity contribution is 6.33. The van der Waals surface area contributed by atoms with Crippen LogP contribution in [0.4, 0.5) is 5.69 Å². The Morgan fingerprint density at radius 3 is 2.47 bits per heavy atom. The number of carbonyl (C=O) groups excluding carboxylic acids is 4. The zero-order chi connectivity index (χ0) is 22.1. The molecule has 0 aliphatic carbocycles. The molecule has 0 aliphatic heterocycles. The second-order valence-corrected chi connectivity index (χ2v) is 6.68. The van der Waals surface area contributed by atoms with Crippen molar-refractivity contribution in [2.24, 2.45) is 0 Å². The number of nitrogens with one attached hydrogen (secondary N) is 3. The van der Waals surface area contributed by atoms with Crippen molar-refractivity contribution in [1.29, 1.82) is 0 Å². The topological polar surface area (TPSA) is 114 Å². The third kappa shape index (κ3) is 6.59. The van der Waals surface area contributed by atoms with Crippen LogP contribution in [0.25, 0.3) is 0 Å². The number of anilines is 1. The predicted octanol–water partition coefficient (Wildman–Crippen LogP) is 2.39. The van der Waals surface area contributed by atoms with E-state index in [1.165, 1.54) is 19.1 Å². The number of ether oxygens (including phenoxy) is 1. The van der Waals surface area contributed by atoms with Gasteiger partial charge in [0.15, 0.2) is 6.61 Å². The summed E-state index contributed by atoms with van der Waals surface area (Å²) in [5, 5.41) is 7.93. The fraction of sp³-hybridized carbons (Fsp3) is 0.238. The lowest BCUT2D eigenvalue weighted by molar-refractivity contribution is -0.148. The Kier molecular flexibility index (Phi) is 8.37. The molecule has 3 amide bonds. The average molecular weight is 432 g/mol. The van der Waals surface area contributed by atoms with Gasteiger partial charge in [-0.1, -0.05) is 29.8 Å². The SMILES string of the molecule is CCNC(=O)c1cccc(NC(=O)COC(=O)[C@H](C)NC(=O)c2ccccc2Cl)c1. The largest absolute Gasteiger partial charge is 0.454 e. The van der Waals surface area contributed by atoms with Crippen LogP contribution >= 0.6 is 11.6 Å². The standard InChI is InChI=1S/C21H22ClN3O5/c1-3-23-19(27)14-7-6-8-15(11-14)25-18(26)12-30-21(29)13(2)24-20(28)16-9-4-5-10-17(16)22/h4-11,13H,3,12H2,1-2H3,(H,23,27)(H,24,28)(H,25,26)/t13-/m0/s1. The lowest BCUT2D eigenvalue weighted by Gasteiger charge is -2.14. The third-order valence-electron chi connectivity index (χ3n) is 3.91. The number of benzene rings is 2. The second-order valence-electron chi connectivity index (χ2n) is 6.27. The van der Waals surface area contributed by atoms with Gasteiger partial charge in [-0.05, 0) is 44.2 Å². The molecule has 0 saturated heterocycles. The Balaban J connectivity index is 1.85. The van der Waals surface area contributed by atoms with Crippen molar-refractivity contribution < 1.29 is 23.9 Å². The Bertz CT molecular complexity index is 948. The van der Waals surface area contributed by atoms with Gasteiger partial charge in [0.1, 0.15) is 6.04 Å². The molecule has 0 heterocycles. The van der Waals surface area contributed by atoms with Gasteiger partial charge >= 0.3 is 5.97 Å². The minimum absolute atomic E-state index is 0.226. The van der Waals surface area contributed by atoms with Gasteiger partial charge in [0, 0.05) is 17.8 Å². The van der Waals surface area contributed by atoms with E-state index in [1.807, 2.05) is 0 Å². The Hall–Kier alpha value is -3.39. The summed E-state index contributed by atoms with van der Waals surface area (Å²) in [6.07, 6.45) is 0. The van der Waals surface area contributed by atoms with Gasteiger partial charge in [0.05, 0.1) is 10.6 Å². The first-order valence-electron chi connectivity index (χ1n) is 9.22. The molecule has 0 unspecified atom stereocenters. The fourth-order valence-electron chi connectivity index (χ4n) is 2.44. The van der Waals surface area contributed by atoms with Crippen molar-refractivity contribution in [2.75, 3.05) is 18.5 Å². The van der Waals surface area contributed by atoms with Gasteiger partial charge in [0.25, 0.3) is 17.7 Å². The number of halogens is 1. The molecule has 30 heavy (non-hydrogen) atoms. The highest BCUT2D eigenvalue weighted by Gasteiger charge is 2.20. The van der Waals surface area contributed by atoms with Crippen LogP contribution in [0.5, 0.6) is 0 Å². The maximum atomic E-state index is 12.2. The molecule has 158 valence electrons. The molecule has 2 aromatic rings. The normalized spacial score (nSPS) is 11.2. The maximum absolute atomic E-state index is 12.2. The predicted molar refractivity (Wildman–Crippen MR) is 112 cm³/mol. The zero-order valence-corrected chi connectivity index (χ0v) is 17.3. The number of hydrogen-bond donors (Lipinski definition) is 3. The number of amides is 3. The highest BCUT2D eigenvalue weighted by Crippen LogP contribution is 2.15. The van der Waals surface area contributed by atoms with E-state index in [1.54, 1.807) is 43.3 Å². The molecule has 0 aromatic heterocycles. The van der Waals surface area contributed by atoms with Crippen molar-refractivity contribution in [2.45, 2.75) is 19.9 Å². The van der Waals surface area contributed by atoms with E-state index < -0.39 is 30.4 Å². The van der Waals surface area contributed by atoms with Gasteiger partial charge in [-0.15, -0.1) is 0 Å². The van der Waals surface area contributed by atoms with Crippen molar-refractivity contribution in [1.82, 2.24) is 10.6 Å². The number of hydrogen-bond acceptors (Lipinski definition) is 5. The van der Waals surface area contributed by atoms with E-state index in [9.17, 15) is 19.2 Å². The average Bonchev–Trinajstić information content (AvgIpc) is 2.72. The van der Waals surface area contributed by atoms with Crippen molar-refractivity contribution >= 4 is 41.0 Å². The van der Waals surface area contributed by atoms with E-state index in [4.69, 9.17) is 16.3 Å². The fourth-order valence-corrected chi connectivity index (χ4v) is 2.66. The van der Waals surface area contributed by atoms with Crippen LogP contribution in [0.15, 0.2) is 48.5 Å². The smallest absolute Gasteiger partial charge is 0.328 e. The van der Waals surface area contributed by atoms with Gasteiger partial charge in [-0.3, -0.25) is 14.4 Å². The zero-order valence-electron chi connectivity index (χ0n) is 16.5. The van der Waals surface area contributed by atoms with E-state index in [-0.39, 0.29) is 16.5 Å². The summed E-state index contributed by atoms with van der Waals surface area (Å²) < 4.78 is 4.94. The third-order valence-corrected chi connectivity index (χ3v) is 4.24. The number of carbonyl (C=O) groups is 4. The molecule has 0 fully saturated rings. The summed E-state index contributed by atoms with van der Waals surface area (Å²) in [7, 11) is 0. The quantitative estimate of drug-likeness (QED) is 0.555. The Morgan fingerprint density at radius 1 is 1.03 bits per heavy atom. The van der Waals surface area contributed by atoms with Crippen LogP contribution in [0.1, 0.15) is 34.6 Å². The van der Waals surface area contributed by atoms with Crippen LogP contribution in [0.3, 0.4) is 0 Å². The maximum Gasteiger partial charge on any atom is 0.328 e. The number of rotatable bonds is 8. The first kappa shape index (κ1) is 22.9. The summed E-state index contributed by atoms with van der Waals surface area (Å²) in [5.41, 5.74) is 1.01. The molecule has 3 N–H and O–H groups in total. The van der Waals surface area contributed by atoms with E-state index in [2.05, 4.69) is 16.0 Å². The van der Waals surface area contributed by atoms with Gasteiger partial charge in [-0.2, -0.15) is 0 Å². The molecule has 2 rings (SSSR count). The van der Waals surface area contributed by atoms with Crippen LogP contribution < -0.4 is 16.0 Å². The van der Waals surface area contributed by atoms with E-state index >= 15 is 0 Å². The molecule has 2 aromatic carbocycles. The Labute approximate surface area is 178 Å². The molecule has 0 aliphatic rings. The van der Waals surface area contributed by atoms with Crippen LogP contribution in [0, 0.1) is 0 Å². The highest BCUT2D eigenvalue weighted by atomic mass is 35.5. The van der Waals surface area contributed by atoms with Crippen molar-refractivity contribution in [3.05, 3.63) is 64.7 Å². The van der Waals surface area contributed by atoms with Crippen LogP contribution in [-0.2, 0) is 14.3 Å². The number of esters is 1. The molecule has 8 nitrogen and oxygen atoms in total.